The summed E-state index contributed by atoms with van der Waals surface area (Å²) < 4.78 is 42.0. The summed E-state index contributed by atoms with van der Waals surface area (Å²) in [6.07, 6.45) is 5.81. The molecule has 0 bridgehead atoms. The van der Waals surface area contributed by atoms with Gasteiger partial charge in [0.05, 0.1) is 17.1 Å². The smallest absolute Gasteiger partial charge is 0.297 e. The first-order valence-corrected chi connectivity index (χ1v) is 15.9. The molecule has 0 saturated heterocycles. The number of hydrogen-bond acceptors (Lipinski definition) is 5. The molecule has 0 unspecified atom stereocenters. The van der Waals surface area contributed by atoms with E-state index in [1.807, 2.05) is 6.92 Å². The van der Waals surface area contributed by atoms with Gasteiger partial charge < -0.3 is 9.47 Å². The van der Waals surface area contributed by atoms with Crippen LogP contribution in [0.2, 0.25) is 25.7 Å². The van der Waals surface area contributed by atoms with E-state index in [9.17, 15) is 8.42 Å². The summed E-state index contributed by atoms with van der Waals surface area (Å²) in [5, 5.41) is 0. The van der Waals surface area contributed by atoms with Crippen molar-refractivity contribution >= 4 is 18.2 Å². The Morgan fingerprint density at radius 3 is 2.24 bits per heavy atom. The largest absolute Gasteiger partial charge is 0.356 e. The van der Waals surface area contributed by atoms with Gasteiger partial charge in [-0.1, -0.05) is 37.3 Å². The molecule has 5 nitrogen and oxygen atoms in total. The second-order valence-electron chi connectivity index (χ2n) is 10.1. The fourth-order valence-corrected chi connectivity index (χ4v) is 6.14. The van der Waals surface area contributed by atoms with E-state index in [0.717, 1.165) is 56.7 Å². The lowest BCUT2D eigenvalue weighted by Gasteiger charge is -2.50. The molecule has 2 saturated carbocycles. The Labute approximate surface area is 177 Å². The van der Waals surface area contributed by atoms with Crippen molar-refractivity contribution in [1.29, 1.82) is 0 Å². The van der Waals surface area contributed by atoms with Gasteiger partial charge in [-0.15, -0.1) is 0 Å². The van der Waals surface area contributed by atoms with Gasteiger partial charge in [-0.25, -0.2) is 0 Å². The van der Waals surface area contributed by atoms with Crippen LogP contribution in [0.5, 0.6) is 0 Å². The highest BCUT2D eigenvalue weighted by atomic mass is 32.2. The molecule has 2 fully saturated rings. The fraction of sp³-hybridized carbons (Fsp3) is 0.727. The Morgan fingerprint density at radius 1 is 1.03 bits per heavy atom. The van der Waals surface area contributed by atoms with Gasteiger partial charge in [0.1, 0.15) is 6.79 Å². The second-order valence-corrected chi connectivity index (χ2v) is 17.3. The molecule has 3 rings (SSSR count). The summed E-state index contributed by atoms with van der Waals surface area (Å²) in [7, 11) is -4.72. The third-order valence-electron chi connectivity index (χ3n) is 6.27. The fourth-order valence-electron chi connectivity index (χ4n) is 4.25. The van der Waals surface area contributed by atoms with Crippen molar-refractivity contribution in [3.63, 3.8) is 0 Å². The van der Waals surface area contributed by atoms with Crippen molar-refractivity contribution in [3.8, 4) is 0 Å². The molecule has 0 atom stereocenters. The first-order valence-electron chi connectivity index (χ1n) is 10.8. The first-order chi connectivity index (χ1) is 13.6. The molecular weight excluding hydrogens is 404 g/mol. The molecular formula is C22H36O5SSi. The SMILES string of the molecule is Cc1ccc(S(=O)(=O)OC2CCC3(CC2)CC(OCOCC[Si](C)(C)C)C3)cc1. The quantitative estimate of drug-likeness (QED) is 0.231. The second kappa shape index (κ2) is 9.18. The van der Waals surface area contributed by atoms with Crippen LogP contribution in [0.1, 0.15) is 44.1 Å². The average Bonchev–Trinajstić information content (AvgIpc) is 2.60. The van der Waals surface area contributed by atoms with Crippen molar-refractivity contribution in [2.45, 2.75) is 88.2 Å². The summed E-state index contributed by atoms with van der Waals surface area (Å²) in [5.41, 5.74) is 1.35. The molecule has 0 amide bonds. The van der Waals surface area contributed by atoms with Gasteiger partial charge in [0, 0.05) is 14.7 Å². The Bertz CT molecular complexity index is 753. The molecule has 7 heteroatoms. The van der Waals surface area contributed by atoms with Gasteiger partial charge in [0.25, 0.3) is 10.1 Å². The highest BCUT2D eigenvalue weighted by Crippen LogP contribution is 2.53. The Morgan fingerprint density at radius 2 is 1.66 bits per heavy atom. The number of hydrogen-bond donors (Lipinski definition) is 0. The number of aryl methyl sites for hydroxylation is 1. The lowest BCUT2D eigenvalue weighted by Crippen LogP contribution is -2.46. The first kappa shape index (κ1) is 22.9. The molecule has 1 aromatic carbocycles. The lowest BCUT2D eigenvalue weighted by molar-refractivity contribution is -0.159. The van der Waals surface area contributed by atoms with E-state index in [-0.39, 0.29) is 17.1 Å². The standard InChI is InChI=1S/C22H36O5SSi/c1-18-5-7-21(8-6-18)28(23,24)27-19-9-11-22(12-10-19)15-20(16-22)26-17-25-13-14-29(2,3)4/h5-8,19-20H,9-17H2,1-4H3. The predicted molar refractivity (Wildman–Crippen MR) is 117 cm³/mol. The van der Waals surface area contributed by atoms with Crippen LogP contribution in [-0.2, 0) is 23.8 Å². The lowest BCUT2D eigenvalue weighted by atomic mass is 9.59. The zero-order valence-electron chi connectivity index (χ0n) is 18.3. The van der Waals surface area contributed by atoms with Crippen LogP contribution in [0.3, 0.4) is 0 Å². The highest BCUT2D eigenvalue weighted by Gasteiger charge is 2.47. The van der Waals surface area contributed by atoms with Gasteiger partial charge in [0.15, 0.2) is 0 Å². The zero-order chi connectivity index (χ0) is 21.1. The summed E-state index contributed by atoms with van der Waals surface area (Å²) >= 11 is 0. The molecule has 29 heavy (non-hydrogen) atoms. The summed E-state index contributed by atoms with van der Waals surface area (Å²) in [5.74, 6) is 0. The van der Waals surface area contributed by atoms with Gasteiger partial charge in [0.2, 0.25) is 0 Å². The van der Waals surface area contributed by atoms with Crippen LogP contribution in [0.4, 0.5) is 0 Å². The molecule has 0 radical (unpaired) electrons. The maximum Gasteiger partial charge on any atom is 0.297 e. The molecule has 1 aromatic rings. The normalized spacial score (nSPS) is 27.7. The van der Waals surface area contributed by atoms with Crippen LogP contribution in [0, 0.1) is 12.3 Å². The average molecular weight is 441 g/mol. The molecule has 1 spiro atoms. The number of rotatable bonds is 9. The van der Waals surface area contributed by atoms with E-state index in [1.165, 1.54) is 0 Å². The third-order valence-corrected chi connectivity index (χ3v) is 9.35. The molecule has 0 aliphatic heterocycles. The summed E-state index contributed by atoms with van der Waals surface area (Å²) in [6, 6.07) is 8.01. The predicted octanol–water partition coefficient (Wildman–Crippen LogP) is 5.12. The van der Waals surface area contributed by atoms with Gasteiger partial charge >= 0.3 is 0 Å². The van der Waals surface area contributed by atoms with Gasteiger partial charge in [-0.05, 0) is 69.0 Å². The van der Waals surface area contributed by atoms with Crippen LogP contribution >= 0.6 is 0 Å². The minimum atomic E-state index is -3.68. The maximum atomic E-state index is 12.5. The molecule has 2 aliphatic rings. The van der Waals surface area contributed by atoms with Crippen LogP contribution in [-0.4, -0.2) is 42.1 Å². The molecule has 164 valence electrons. The number of ether oxygens (including phenoxy) is 2. The van der Waals surface area contributed by atoms with Crippen molar-refractivity contribution in [2.24, 2.45) is 5.41 Å². The number of benzene rings is 1. The van der Waals surface area contributed by atoms with Crippen molar-refractivity contribution in [2.75, 3.05) is 13.4 Å². The minimum Gasteiger partial charge on any atom is -0.356 e. The minimum absolute atomic E-state index is 0.211. The van der Waals surface area contributed by atoms with E-state index in [4.69, 9.17) is 13.7 Å². The van der Waals surface area contributed by atoms with Crippen LogP contribution in [0.25, 0.3) is 0 Å². The Kier molecular flexibility index (Phi) is 7.26. The van der Waals surface area contributed by atoms with Crippen molar-refractivity contribution in [3.05, 3.63) is 29.8 Å². The monoisotopic (exact) mass is 440 g/mol. The zero-order valence-corrected chi connectivity index (χ0v) is 20.1. The van der Waals surface area contributed by atoms with Crippen molar-refractivity contribution < 1.29 is 22.1 Å². The van der Waals surface area contributed by atoms with E-state index < -0.39 is 18.2 Å². The summed E-state index contributed by atoms with van der Waals surface area (Å²) in [4.78, 5) is 0.245. The van der Waals surface area contributed by atoms with E-state index in [0.29, 0.717) is 12.2 Å². The molecule has 0 heterocycles. The highest BCUT2D eigenvalue weighted by molar-refractivity contribution is 7.86. The van der Waals surface area contributed by atoms with Gasteiger partial charge in [-0.2, -0.15) is 8.42 Å². The summed E-state index contributed by atoms with van der Waals surface area (Å²) in [6.45, 7) is 10.2. The maximum absolute atomic E-state index is 12.5. The molecule has 0 aromatic heterocycles. The van der Waals surface area contributed by atoms with E-state index in [1.54, 1.807) is 24.3 Å². The Hall–Kier alpha value is -0.733. The topological polar surface area (TPSA) is 61.8 Å². The van der Waals surface area contributed by atoms with Crippen LogP contribution in [0.15, 0.2) is 29.2 Å². The van der Waals surface area contributed by atoms with Crippen LogP contribution < -0.4 is 0 Å². The van der Waals surface area contributed by atoms with E-state index >= 15 is 0 Å². The van der Waals surface area contributed by atoms with Crippen molar-refractivity contribution in [1.82, 2.24) is 0 Å². The van der Waals surface area contributed by atoms with Gasteiger partial charge in [-0.3, -0.25) is 4.18 Å². The molecule has 0 N–H and O–H groups in total. The third kappa shape index (κ3) is 6.62. The Balaban J connectivity index is 1.35. The molecule has 2 aliphatic carbocycles. The van der Waals surface area contributed by atoms with E-state index in [2.05, 4.69) is 19.6 Å².